The Balaban J connectivity index is 2.95. The first-order valence-corrected chi connectivity index (χ1v) is 8.67. The molecule has 0 aliphatic rings. The van der Waals surface area contributed by atoms with Crippen molar-refractivity contribution in [3.05, 3.63) is 17.6 Å². The zero-order valence-electron chi connectivity index (χ0n) is 11.9. The number of hydrogen-bond donors (Lipinski definition) is 1. The molecule has 0 aliphatic carbocycles. The first-order valence-electron chi connectivity index (χ1n) is 6.12. The molecule has 1 aromatic rings. The fourth-order valence-electron chi connectivity index (χ4n) is 1.29. The molecule has 1 atom stereocenters. The Hall–Kier alpha value is -0.630. The van der Waals surface area contributed by atoms with E-state index in [9.17, 15) is 0 Å². The van der Waals surface area contributed by atoms with Crippen molar-refractivity contribution in [2.45, 2.75) is 33.6 Å². The van der Waals surface area contributed by atoms with Crippen LogP contribution in [0.15, 0.2) is 6.07 Å². The summed E-state index contributed by atoms with van der Waals surface area (Å²) < 4.78 is 15.6. The zero-order chi connectivity index (χ0) is 15.2. The van der Waals surface area contributed by atoms with E-state index in [1.807, 2.05) is 20.8 Å². The van der Waals surface area contributed by atoms with Crippen LogP contribution >= 0.6 is 6.72 Å². The molecule has 0 aromatic carbocycles. The second kappa shape index (κ2) is 7.97. The van der Waals surface area contributed by atoms with Gasteiger partial charge in [-0.05, 0) is 13.8 Å². The van der Waals surface area contributed by atoms with Gasteiger partial charge in [0.05, 0.1) is 6.61 Å². The Morgan fingerprint density at radius 1 is 1.40 bits per heavy atom. The molecule has 0 fully saturated rings. The average molecular weight is 322 g/mol. The molecule has 1 unspecified atom stereocenters. The van der Waals surface area contributed by atoms with Crippen LogP contribution in [0.3, 0.4) is 0 Å². The smallest absolute Gasteiger partial charge is 0.404 e. The molecule has 0 aliphatic heterocycles. The van der Waals surface area contributed by atoms with Crippen LogP contribution in [-0.2, 0) is 25.9 Å². The fraction of sp³-hybridized carbons (Fsp3) is 0.636. The highest BCUT2D eigenvalue weighted by molar-refractivity contribution is 8.07. The van der Waals surface area contributed by atoms with Gasteiger partial charge in [0.15, 0.2) is 6.79 Å². The Bertz CT molecular complexity index is 486. The Labute approximate surface area is 123 Å². The van der Waals surface area contributed by atoms with Gasteiger partial charge in [-0.25, -0.2) is 4.98 Å². The lowest BCUT2D eigenvalue weighted by atomic mass is 10.2. The second-order valence-corrected chi connectivity index (χ2v) is 6.96. The van der Waals surface area contributed by atoms with Crippen LogP contribution in [0.1, 0.15) is 38.2 Å². The van der Waals surface area contributed by atoms with Crippen LogP contribution in [0.2, 0.25) is 0 Å². The van der Waals surface area contributed by atoms with E-state index >= 15 is 0 Å². The molecule has 0 spiro atoms. The molecule has 0 radical (unpaired) electrons. The van der Waals surface area contributed by atoms with Gasteiger partial charge in [0.25, 0.3) is 0 Å². The average Bonchev–Trinajstić information content (AvgIpc) is 2.36. The van der Waals surface area contributed by atoms with E-state index in [1.54, 1.807) is 13.0 Å². The molecule has 1 heterocycles. The summed E-state index contributed by atoms with van der Waals surface area (Å²) in [6, 6.07) is 1.63. The highest BCUT2D eigenvalue weighted by Crippen LogP contribution is 2.49. The third-order valence-electron chi connectivity index (χ3n) is 2.05. The Morgan fingerprint density at radius 2 is 2.10 bits per heavy atom. The van der Waals surface area contributed by atoms with Crippen LogP contribution < -0.4 is 4.52 Å². The molecule has 7 nitrogen and oxygen atoms in total. The number of aliphatic hydroxyl groups is 1. The fourth-order valence-corrected chi connectivity index (χ4v) is 2.91. The van der Waals surface area contributed by atoms with Crippen molar-refractivity contribution in [1.29, 1.82) is 0 Å². The van der Waals surface area contributed by atoms with Crippen LogP contribution in [0.5, 0.6) is 5.88 Å². The largest absolute Gasteiger partial charge is 0.409 e. The minimum absolute atomic E-state index is 0.150. The maximum atomic E-state index is 8.61. The normalized spacial score (nSPS) is 14.3. The standard InChI is InChI=1S/C11H19N2O5PS/c1-5-16-19(20,18-15-7-14)17-10-6-9(4)12-11(13-10)8(2)3/h6,8,14H,5,7H2,1-4H3. The monoisotopic (exact) mass is 322 g/mol. The summed E-state index contributed by atoms with van der Waals surface area (Å²) in [4.78, 5) is 13.0. The molecule has 1 aromatic heterocycles. The molecule has 114 valence electrons. The lowest BCUT2D eigenvalue weighted by Crippen LogP contribution is -2.07. The lowest BCUT2D eigenvalue weighted by molar-refractivity contribution is -0.260. The number of aliphatic hydroxyl groups excluding tert-OH is 1. The number of aromatic nitrogens is 2. The predicted molar refractivity (Wildman–Crippen MR) is 76.7 cm³/mol. The maximum Gasteiger partial charge on any atom is 0.409 e. The van der Waals surface area contributed by atoms with Crippen molar-refractivity contribution in [2.24, 2.45) is 0 Å². The van der Waals surface area contributed by atoms with Gasteiger partial charge in [-0.1, -0.05) is 13.8 Å². The third kappa shape index (κ3) is 5.40. The highest BCUT2D eigenvalue weighted by atomic mass is 32.5. The van der Waals surface area contributed by atoms with Gasteiger partial charge in [-0.2, -0.15) is 9.87 Å². The SMILES string of the molecule is CCOP(=S)(OOCO)Oc1cc(C)nc(C(C)C)n1. The molecular formula is C11H19N2O5PS. The van der Waals surface area contributed by atoms with Crippen molar-refractivity contribution >= 4 is 18.5 Å². The summed E-state index contributed by atoms with van der Waals surface area (Å²) in [5, 5.41) is 8.61. The first kappa shape index (κ1) is 17.4. The van der Waals surface area contributed by atoms with Gasteiger partial charge in [-0.15, -0.1) is 4.67 Å². The van der Waals surface area contributed by atoms with Crippen molar-refractivity contribution in [3.63, 3.8) is 0 Å². The lowest BCUT2D eigenvalue weighted by Gasteiger charge is -2.19. The van der Waals surface area contributed by atoms with E-state index < -0.39 is 13.5 Å². The zero-order valence-corrected chi connectivity index (χ0v) is 13.6. The molecule has 20 heavy (non-hydrogen) atoms. The summed E-state index contributed by atoms with van der Waals surface area (Å²) >= 11 is 5.15. The predicted octanol–water partition coefficient (Wildman–Crippen LogP) is 2.45. The Kier molecular flexibility index (Phi) is 6.94. The van der Waals surface area contributed by atoms with E-state index in [1.165, 1.54) is 0 Å². The van der Waals surface area contributed by atoms with Crippen LogP contribution in [0.25, 0.3) is 0 Å². The summed E-state index contributed by atoms with van der Waals surface area (Å²) in [5.41, 5.74) is 0.750. The van der Waals surface area contributed by atoms with Crippen LogP contribution in [0, 0.1) is 6.92 Å². The van der Waals surface area contributed by atoms with Crippen molar-refractivity contribution in [2.75, 3.05) is 13.4 Å². The molecule has 0 amide bonds. The summed E-state index contributed by atoms with van der Waals surface area (Å²) in [5.74, 6) is 1.05. The van der Waals surface area contributed by atoms with Gasteiger partial charge >= 0.3 is 6.72 Å². The van der Waals surface area contributed by atoms with Gasteiger partial charge in [0.1, 0.15) is 5.82 Å². The Morgan fingerprint density at radius 3 is 2.65 bits per heavy atom. The van der Waals surface area contributed by atoms with Gasteiger partial charge in [0, 0.05) is 29.5 Å². The maximum absolute atomic E-state index is 8.61. The van der Waals surface area contributed by atoms with E-state index in [4.69, 9.17) is 30.6 Å². The van der Waals surface area contributed by atoms with E-state index in [0.29, 0.717) is 5.82 Å². The van der Waals surface area contributed by atoms with Gasteiger partial charge < -0.3 is 9.63 Å². The molecule has 0 saturated carbocycles. The first-order chi connectivity index (χ1) is 9.40. The van der Waals surface area contributed by atoms with E-state index in [0.717, 1.165) is 5.69 Å². The topological polar surface area (TPSA) is 82.9 Å². The van der Waals surface area contributed by atoms with Gasteiger partial charge in [0.2, 0.25) is 5.88 Å². The number of nitrogens with zero attached hydrogens (tertiary/aromatic N) is 2. The molecule has 1 rings (SSSR count). The molecule has 1 N–H and O–H groups in total. The third-order valence-corrected chi connectivity index (χ3v) is 4.05. The number of aryl methyl sites for hydroxylation is 1. The minimum atomic E-state index is -3.17. The van der Waals surface area contributed by atoms with E-state index in [2.05, 4.69) is 14.9 Å². The number of rotatable bonds is 8. The quantitative estimate of drug-likeness (QED) is 0.338. The number of hydrogen-bond acceptors (Lipinski definition) is 8. The molecule has 9 heteroatoms. The van der Waals surface area contributed by atoms with Crippen LogP contribution in [-0.4, -0.2) is 28.5 Å². The summed E-state index contributed by atoms with van der Waals surface area (Å²) in [6.07, 6.45) is 0. The van der Waals surface area contributed by atoms with E-state index in [-0.39, 0.29) is 18.4 Å². The highest BCUT2D eigenvalue weighted by Gasteiger charge is 2.25. The van der Waals surface area contributed by atoms with Gasteiger partial charge in [-0.3, -0.25) is 4.52 Å². The van der Waals surface area contributed by atoms with Crippen molar-refractivity contribution in [1.82, 2.24) is 9.97 Å². The van der Waals surface area contributed by atoms with Crippen molar-refractivity contribution in [3.8, 4) is 5.88 Å². The molecular weight excluding hydrogens is 303 g/mol. The second-order valence-electron chi connectivity index (χ2n) is 4.14. The molecule has 0 bridgehead atoms. The summed E-state index contributed by atoms with van der Waals surface area (Å²) in [7, 11) is 0. The minimum Gasteiger partial charge on any atom is -0.404 e. The summed E-state index contributed by atoms with van der Waals surface area (Å²) in [6.45, 7) is 4.00. The van der Waals surface area contributed by atoms with Crippen LogP contribution in [0.4, 0.5) is 0 Å². The van der Waals surface area contributed by atoms with Crippen molar-refractivity contribution < 1.29 is 23.7 Å². The molecule has 0 saturated heterocycles.